The lowest BCUT2D eigenvalue weighted by Gasteiger charge is -2.34. The molecule has 0 spiro atoms. The fraction of sp³-hybridized carbons (Fsp3) is 0.571. The Morgan fingerprint density at radius 3 is 2.67 bits per heavy atom. The normalized spacial score (nSPS) is 17.3. The van der Waals surface area contributed by atoms with Crippen LogP contribution in [-0.4, -0.2) is 30.6 Å². The maximum atomic E-state index is 13.4. The summed E-state index contributed by atoms with van der Waals surface area (Å²) in [5.74, 6) is -0.166. The van der Waals surface area contributed by atoms with Crippen LogP contribution in [-0.2, 0) is 6.54 Å². The van der Waals surface area contributed by atoms with Crippen molar-refractivity contribution >= 4 is 15.9 Å². The van der Waals surface area contributed by atoms with E-state index in [-0.39, 0.29) is 5.82 Å². The van der Waals surface area contributed by atoms with Crippen LogP contribution in [0.5, 0.6) is 0 Å². The second kappa shape index (κ2) is 6.64. The highest BCUT2D eigenvalue weighted by Crippen LogP contribution is 2.19. The summed E-state index contributed by atoms with van der Waals surface area (Å²) in [6.07, 6.45) is 2.37. The van der Waals surface area contributed by atoms with Crippen molar-refractivity contribution in [1.29, 1.82) is 0 Å². The summed E-state index contributed by atoms with van der Waals surface area (Å²) in [6, 6.07) is 5.77. The van der Waals surface area contributed by atoms with Crippen LogP contribution in [0.2, 0.25) is 0 Å². The second-order valence-corrected chi connectivity index (χ2v) is 5.74. The summed E-state index contributed by atoms with van der Waals surface area (Å²) in [7, 11) is 0. The average Bonchev–Trinajstić information content (AvgIpc) is 2.36. The lowest BCUT2D eigenvalue weighted by atomic mass is 10.0. The lowest BCUT2D eigenvalue weighted by molar-refractivity contribution is 0.162. The molecule has 4 heteroatoms. The number of benzene rings is 1. The van der Waals surface area contributed by atoms with E-state index in [1.54, 1.807) is 6.07 Å². The molecule has 1 N–H and O–H groups in total. The Balaban J connectivity index is 2.04. The highest BCUT2D eigenvalue weighted by Gasteiger charge is 2.19. The van der Waals surface area contributed by atoms with E-state index in [0.29, 0.717) is 6.04 Å². The molecule has 0 bridgehead atoms. The molecule has 1 aromatic carbocycles. The van der Waals surface area contributed by atoms with Gasteiger partial charge in [0.25, 0.3) is 0 Å². The topological polar surface area (TPSA) is 15.3 Å². The van der Waals surface area contributed by atoms with E-state index in [0.717, 1.165) is 36.2 Å². The molecule has 2 nitrogen and oxygen atoms in total. The Morgan fingerprint density at radius 2 is 2.06 bits per heavy atom. The maximum absolute atomic E-state index is 13.4. The molecule has 0 amide bonds. The van der Waals surface area contributed by atoms with E-state index in [1.165, 1.54) is 18.9 Å². The number of hydrogen-bond donors (Lipinski definition) is 1. The minimum atomic E-state index is -0.166. The lowest BCUT2D eigenvalue weighted by Crippen LogP contribution is -2.42. The van der Waals surface area contributed by atoms with Gasteiger partial charge in [-0.1, -0.05) is 22.9 Å². The summed E-state index contributed by atoms with van der Waals surface area (Å²) in [5, 5.41) is 3.38. The molecule has 1 aromatic rings. The Morgan fingerprint density at radius 1 is 1.33 bits per heavy atom. The van der Waals surface area contributed by atoms with Gasteiger partial charge >= 0.3 is 0 Å². The number of rotatable bonds is 4. The molecule has 0 aromatic heterocycles. The van der Waals surface area contributed by atoms with Crippen LogP contribution in [0.3, 0.4) is 0 Å². The Labute approximate surface area is 117 Å². The summed E-state index contributed by atoms with van der Waals surface area (Å²) < 4.78 is 14.2. The first-order chi connectivity index (χ1) is 8.69. The zero-order chi connectivity index (χ0) is 13.0. The molecule has 18 heavy (non-hydrogen) atoms. The average molecular weight is 315 g/mol. The summed E-state index contributed by atoms with van der Waals surface area (Å²) in [5.41, 5.74) is 1.04. The zero-order valence-electron chi connectivity index (χ0n) is 10.8. The number of hydrogen-bond acceptors (Lipinski definition) is 2. The smallest absolute Gasteiger partial charge is 0.124 e. The molecule has 1 aliphatic heterocycles. The zero-order valence-corrected chi connectivity index (χ0v) is 12.3. The predicted octanol–water partition coefficient (Wildman–Crippen LogP) is 3.16. The molecule has 0 atom stereocenters. The summed E-state index contributed by atoms with van der Waals surface area (Å²) >= 11 is 3.35. The maximum Gasteiger partial charge on any atom is 0.124 e. The van der Waals surface area contributed by atoms with E-state index >= 15 is 0 Å². The van der Waals surface area contributed by atoms with Crippen LogP contribution < -0.4 is 5.32 Å². The molecule has 2 rings (SSSR count). The van der Waals surface area contributed by atoms with Crippen molar-refractivity contribution in [2.24, 2.45) is 0 Å². The molecule has 0 unspecified atom stereocenters. The molecule has 0 aliphatic carbocycles. The fourth-order valence-electron chi connectivity index (χ4n) is 2.61. The summed E-state index contributed by atoms with van der Waals surface area (Å²) in [6.45, 7) is 6.20. The third-order valence-corrected chi connectivity index (χ3v) is 4.00. The largest absolute Gasteiger partial charge is 0.317 e. The Kier molecular flexibility index (Phi) is 5.15. The minimum absolute atomic E-state index is 0.166. The quantitative estimate of drug-likeness (QED) is 0.918. The molecule has 100 valence electrons. The standard InChI is InChI=1S/C14H20BrFN2/c1-2-18(14-3-5-17-6-4-14)10-11-7-12(15)9-13(16)8-11/h7-9,14,17H,2-6,10H2,1H3. The van der Waals surface area contributed by atoms with Crippen molar-refractivity contribution < 1.29 is 4.39 Å². The Bertz CT molecular complexity index is 371. The van der Waals surface area contributed by atoms with Crippen LogP contribution >= 0.6 is 15.9 Å². The molecule has 1 heterocycles. The van der Waals surface area contributed by atoms with Crippen LogP contribution in [0.15, 0.2) is 22.7 Å². The van der Waals surface area contributed by atoms with Gasteiger partial charge in [0.15, 0.2) is 0 Å². The van der Waals surface area contributed by atoms with Crippen molar-refractivity contribution in [3.63, 3.8) is 0 Å². The third kappa shape index (κ3) is 3.77. The Hall–Kier alpha value is -0.450. The van der Waals surface area contributed by atoms with Gasteiger partial charge in [0, 0.05) is 17.1 Å². The van der Waals surface area contributed by atoms with Crippen molar-refractivity contribution in [1.82, 2.24) is 10.2 Å². The van der Waals surface area contributed by atoms with Gasteiger partial charge in [-0.05, 0) is 56.2 Å². The van der Waals surface area contributed by atoms with Gasteiger partial charge in [-0.3, -0.25) is 4.90 Å². The van der Waals surface area contributed by atoms with Crippen LogP contribution in [0, 0.1) is 5.82 Å². The fourth-order valence-corrected chi connectivity index (χ4v) is 3.12. The minimum Gasteiger partial charge on any atom is -0.317 e. The van der Waals surface area contributed by atoms with Gasteiger partial charge in [-0.25, -0.2) is 4.39 Å². The SMILES string of the molecule is CCN(Cc1cc(F)cc(Br)c1)C1CCNCC1. The highest BCUT2D eigenvalue weighted by molar-refractivity contribution is 9.10. The molecule has 1 saturated heterocycles. The first kappa shape index (κ1) is 14.0. The van der Waals surface area contributed by atoms with Crippen molar-refractivity contribution in [2.45, 2.75) is 32.4 Å². The first-order valence-electron chi connectivity index (χ1n) is 6.58. The van der Waals surface area contributed by atoms with Gasteiger partial charge in [0.1, 0.15) is 5.82 Å². The van der Waals surface area contributed by atoms with Gasteiger partial charge in [0.05, 0.1) is 0 Å². The molecule has 1 aliphatic rings. The number of halogens is 2. The third-order valence-electron chi connectivity index (χ3n) is 3.54. The monoisotopic (exact) mass is 314 g/mol. The molecular formula is C14H20BrFN2. The molecule has 0 radical (unpaired) electrons. The van der Waals surface area contributed by atoms with Gasteiger partial charge < -0.3 is 5.32 Å². The van der Waals surface area contributed by atoms with Crippen LogP contribution in [0.4, 0.5) is 4.39 Å². The van der Waals surface area contributed by atoms with E-state index in [9.17, 15) is 4.39 Å². The number of nitrogens with one attached hydrogen (secondary N) is 1. The van der Waals surface area contributed by atoms with Gasteiger partial charge in [-0.2, -0.15) is 0 Å². The first-order valence-corrected chi connectivity index (χ1v) is 7.38. The van der Waals surface area contributed by atoms with Crippen molar-refractivity contribution in [3.05, 3.63) is 34.1 Å². The predicted molar refractivity (Wildman–Crippen MR) is 76.1 cm³/mol. The van der Waals surface area contributed by atoms with E-state index in [2.05, 4.69) is 33.1 Å². The van der Waals surface area contributed by atoms with Crippen molar-refractivity contribution in [2.75, 3.05) is 19.6 Å². The van der Waals surface area contributed by atoms with Crippen LogP contribution in [0.1, 0.15) is 25.3 Å². The molecule has 0 saturated carbocycles. The van der Waals surface area contributed by atoms with Gasteiger partial charge in [0.2, 0.25) is 0 Å². The van der Waals surface area contributed by atoms with Gasteiger partial charge in [-0.15, -0.1) is 0 Å². The van der Waals surface area contributed by atoms with Crippen molar-refractivity contribution in [3.8, 4) is 0 Å². The number of piperidine rings is 1. The second-order valence-electron chi connectivity index (χ2n) is 4.82. The summed E-state index contributed by atoms with van der Waals surface area (Å²) in [4.78, 5) is 2.45. The van der Waals surface area contributed by atoms with E-state index in [4.69, 9.17) is 0 Å². The van der Waals surface area contributed by atoms with E-state index in [1.807, 2.05) is 6.07 Å². The van der Waals surface area contributed by atoms with Crippen LogP contribution in [0.25, 0.3) is 0 Å². The molecular weight excluding hydrogens is 295 g/mol. The van der Waals surface area contributed by atoms with E-state index < -0.39 is 0 Å². The molecule has 1 fully saturated rings. The highest BCUT2D eigenvalue weighted by atomic mass is 79.9. The number of nitrogens with zero attached hydrogens (tertiary/aromatic N) is 1.